The van der Waals surface area contributed by atoms with Crippen molar-refractivity contribution in [2.24, 2.45) is 11.1 Å². The maximum atomic E-state index is 12.6. The Kier molecular flexibility index (Phi) is 6.73. The van der Waals surface area contributed by atoms with Crippen LogP contribution in [0.5, 0.6) is 0 Å². The second kappa shape index (κ2) is 9.70. The number of benzene rings is 3. The monoisotopic (exact) mass is 466 g/mol. The van der Waals surface area contributed by atoms with E-state index in [9.17, 15) is 18.0 Å². The Labute approximate surface area is 192 Å². The van der Waals surface area contributed by atoms with Crippen LogP contribution in [0.15, 0.2) is 71.6 Å². The van der Waals surface area contributed by atoms with E-state index in [0.29, 0.717) is 31.6 Å². The molecule has 33 heavy (non-hydrogen) atoms. The number of carbonyl (C=O) groups is 2. The topological polar surface area (TPSA) is 122 Å². The number of hydrogen-bond donors (Lipinski definition) is 3. The van der Waals surface area contributed by atoms with Gasteiger partial charge in [0, 0.05) is 22.7 Å². The van der Waals surface area contributed by atoms with Crippen LogP contribution >= 0.6 is 0 Å². The SMILES string of the molecule is NS(=O)(=O)c1ccc(NC(=O)C2CCN(CC(=O)Nc3cccc4ccccc34)CC2)cc1. The number of carbonyl (C=O) groups excluding carboxylic acids is 2. The predicted molar refractivity (Wildman–Crippen MR) is 128 cm³/mol. The van der Waals surface area contributed by atoms with E-state index in [1.165, 1.54) is 24.3 Å². The van der Waals surface area contributed by atoms with E-state index in [0.717, 1.165) is 16.5 Å². The molecule has 1 heterocycles. The van der Waals surface area contributed by atoms with Crippen LogP contribution in [-0.4, -0.2) is 44.8 Å². The Balaban J connectivity index is 1.27. The third-order valence-corrected chi connectivity index (χ3v) is 6.77. The highest BCUT2D eigenvalue weighted by molar-refractivity contribution is 7.89. The lowest BCUT2D eigenvalue weighted by molar-refractivity contribution is -0.121. The van der Waals surface area contributed by atoms with Crippen LogP contribution < -0.4 is 15.8 Å². The smallest absolute Gasteiger partial charge is 0.238 e. The largest absolute Gasteiger partial charge is 0.326 e. The lowest BCUT2D eigenvalue weighted by Gasteiger charge is -2.30. The minimum atomic E-state index is -3.77. The highest BCUT2D eigenvalue weighted by atomic mass is 32.2. The number of likely N-dealkylation sites (tertiary alicyclic amines) is 1. The predicted octanol–water partition coefficient (Wildman–Crippen LogP) is 2.78. The molecule has 1 aliphatic rings. The molecule has 0 spiro atoms. The third-order valence-electron chi connectivity index (χ3n) is 5.84. The molecule has 3 aromatic carbocycles. The van der Waals surface area contributed by atoms with Gasteiger partial charge in [0.25, 0.3) is 0 Å². The number of hydrogen-bond acceptors (Lipinski definition) is 5. The van der Waals surface area contributed by atoms with Crippen molar-refractivity contribution in [1.82, 2.24) is 4.90 Å². The molecule has 4 rings (SSSR count). The van der Waals surface area contributed by atoms with E-state index in [-0.39, 0.29) is 29.2 Å². The molecule has 0 unspecified atom stereocenters. The van der Waals surface area contributed by atoms with Crippen LogP contribution in [-0.2, 0) is 19.6 Å². The number of primary sulfonamides is 1. The van der Waals surface area contributed by atoms with Crippen LogP contribution in [0.2, 0.25) is 0 Å². The van der Waals surface area contributed by atoms with Crippen molar-refractivity contribution in [2.45, 2.75) is 17.7 Å². The molecule has 0 aliphatic carbocycles. The van der Waals surface area contributed by atoms with Crippen LogP contribution in [0.1, 0.15) is 12.8 Å². The molecule has 3 aromatic rings. The summed E-state index contributed by atoms with van der Waals surface area (Å²) < 4.78 is 22.7. The van der Waals surface area contributed by atoms with Gasteiger partial charge in [-0.3, -0.25) is 14.5 Å². The summed E-state index contributed by atoms with van der Waals surface area (Å²) >= 11 is 0. The first-order chi connectivity index (χ1) is 15.8. The van der Waals surface area contributed by atoms with Crippen LogP contribution in [0.3, 0.4) is 0 Å². The van der Waals surface area contributed by atoms with Crippen molar-refractivity contribution >= 4 is 44.0 Å². The molecule has 0 radical (unpaired) electrons. The van der Waals surface area contributed by atoms with Crippen molar-refractivity contribution in [3.05, 3.63) is 66.7 Å². The molecule has 1 aliphatic heterocycles. The molecular weight excluding hydrogens is 440 g/mol. The maximum absolute atomic E-state index is 12.6. The number of sulfonamides is 1. The summed E-state index contributed by atoms with van der Waals surface area (Å²) in [4.78, 5) is 27.2. The summed E-state index contributed by atoms with van der Waals surface area (Å²) in [6.07, 6.45) is 1.28. The first-order valence-electron chi connectivity index (χ1n) is 10.7. The molecular formula is C24H26N4O4S. The Morgan fingerprint density at radius 1 is 0.909 bits per heavy atom. The molecule has 1 saturated heterocycles. The maximum Gasteiger partial charge on any atom is 0.238 e. The van der Waals surface area contributed by atoms with Crippen LogP contribution in [0.25, 0.3) is 10.8 Å². The van der Waals surface area contributed by atoms with Gasteiger partial charge in [0.2, 0.25) is 21.8 Å². The van der Waals surface area contributed by atoms with E-state index in [1.807, 2.05) is 47.4 Å². The van der Waals surface area contributed by atoms with E-state index >= 15 is 0 Å². The van der Waals surface area contributed by atoms with Crippen molar-refractivity contribution in [3.63, 3.8) is 0 Å². The number of amides is 2. The van der Waals surface area contributed by atoms with Gasteiger partial charge in [0.15, 0.2) is 0 Å². The number of rotatable bonds is 6. The summed E-state index contributed by atoms with van der Waals surface area (Å²) in [6.45, 7) is 1.56. The molecule has 0 aromatic heterocycles. The molecule has 1 fully saturated rings. The zero-order valence-corrected chi connectivity index (χ0v) is 18.8. The Morgan fingerprint density at radius 3 is 2.27 bits per heavy atom. The molecule has 9 heteroatoms. The number of nitrogens with zero attached hydrogens (tertiary/aromatic N) is 1. The van der Waals surface area contributed by atoms with Crippen LogP contribution in [0, 0.1) is 5.92 Å². The number of piperidine rings is 1. The minimum Gasteiger partial charge on any atom is -0.326 e. The number of fused-ring (bicyclic) bond motifs is 1. The summed E-state index contributed by atoms with van der Waals surface area (Å²) in [7, 11) is -3.77. The fourth-order valence-corrected chi connectivity index (χ4v) is 4.57. The van der Waals surface area contributed by atoms with Gasteiger partial charge in [0.05, 0.1) is 11.4 Å². The highest BCUT2D eigenvalue weighted by Gasteiger charge is 2.26. The van der Waals surface area contributed by atoms with Gasteiger partial charge in [-0.1, -0.05) is 36.4 Å². The average molecular weight is 467 g/mol. The van der Waals surface area contributed by atoms with Crippen molar-refractivity contribution in [2.75, 3.05) is 30.3 Å². The lowest BCUT2D eigenvalue weighted by Crippen LogP contribution is -2.41. The quantitative estimate of drug-likeness (QED) is 0.516. The van der Waals surface area contributed by atoms with Gasteiger partial charge in [-0.25, -0.2) is 13.6 Å². The van der Waals surface area contributed by atoms with Gasteiger partial charge < -0.3 is 10.6 Å². The fourth-order valence-electron chi connectivity index (χ4n) is 4.05. The zero-order chi connectivity index (χ0) is 23.4. The van der Waals surface area contributed by atoms with Crippen molar-refractivity contribution in [1.29, 1.82) is 0 Å². The zero-order valence-electron chi connectivity index (χ0n) is 18.0. The highest BCUT2D eigenvalue weighted by Crippen LogP contribution is 2.24. The normalized spacial score (nSPS) is 15.3. The van der Waals surface area contributed by atoms with Gasteiger partial charge in [-0.05, 0) is 61.6 Å². The van der Waals surface area contributed by atoms with Gasteiger partial charge in [0.1, 0.15) is 0 Å². The Bertz CT molecular complexity index is 1260. The molecule has 0 bridgehead atoms. The molecule has 0 atom stereocenters. The van der Waals surface area contributed by atoms with Crippen molar-refractivity contribution in [3.8, 4) is 0 Å². The van der Waals surface area contributed by atoms with Crippen molar-refractivity contribution < 1.29 is 18.0 Å². The standard InChI is InChI=1S/C24H26N4O4S/c25-33(31,32)20-10-8-19(9-11-20)26-24(30)18-12-14-28(15-13-18)16-23(29)27-22-7-3-5-17-4-1-2-6-21(17)22/h1-11,18H,12-16H2,(H,26,30)(H,27,29)(H2,25,31,32). The first-order valence-corrected chi connectivity index (χ1v) is 12.3. The molecule has 0 saturated carbocycles. The molecule has 4 N–H and O–H groups in total. The number of nitrogens with one attached hydrogen (secondary N) is 2. The molecule has 2 amide bonds. The van der Waals surface area contributed by atoms with E-state index in [1.54, 1.807) is 0 Å². The van der Waals surface area contributed by atoms with Crippen LogP contribution in [0.4, 0.5) is 11.4 Å². The van der Waals surface area contributed by atoms with Gasteiger partial charge >= 0.3 is 0 Å². The summed E-state index contributed by atoms with van der Waals surface area (Å²) in [5.41, 5.74) is 1.31. The number of anilines is 2. The van der Waals surface area contributed by atoms with E-state index < -0.39 is 10.0 Å². The minimum absolute atomic E-state index is 0.00409. The molecule has 172 valence electrons. The first kappa shape index (κ1) is 22.9. The third kappa shape index (κ3) is 5.75. The fraction of sp³-hybridized carbons (Fsp3) is 0.250. The number of nitrogens with two attached hydrogens (primary N) is 1. The summed E-state index contributed by atoms with van der Waals surface area (Å²) in [5, 5.41) is 13.0. The second-order valence-electron chi connectivity index (χ2n) is 8.18. The average Bonchev–Trinajstić information content (AvgIpc) is 2.79. The van der Waals surface area contributed by atoms with E-state index in [4.69, 9.17) is 5.14 Å². The summed E-state index contributed by atoms with van der Waals surface area (Å²) in [5.74, 6) is -0.359. The Morgan fingerprint density at radius 2 is 1.58 bits per heavy atom. The lowest BCUT2D eigenvalue weighted by atomic mass is 9.96. The summed E-state index contributed by atoms with van der Waals surface area (Å²) in [6, 6.07) is 19.5. The van der Waals surface area contributed by atoms with E-state index in [2.05, 4.69) is 10.6 Å². The second-order valence-corrected chi connectivity index (χ2v) is 9.75. The van der Waals surface area contributed by atoms with Gasteiger partial charge in [-0.15, -0.1) is 0 Å². The van der Waals surface area contributed by atoms with Gasteiger partial charge in [-0.2, -0.15) is 0 Å². The Hall–Kier alpha value is -3.27. The molecule has 8 nitrogen and oxygen atoms in total.